The Bertz CT molecular complexity index is 1410. The van der Waals surface area contributed by atoms with Gasteiger partial charge in [-0.25, -0.2) is 9.79 Å². The summed E-state index contributed by atoms with van der Waals surface area (Å²) in [7, 11) is 3.09. The van der Waals surface area contributed by atoms with E-state index in [0.717, 1.165) is 26.8 Å². The Kier molecular flexibility index (Phi) is 3.84. The first-order chi connectivity index (χ1) is 14.3. The van der Waals surface area contributed by atoms with Gasteiger partial charge in [0, 0.05) is 31.1 Å². The zero-order valence-corrected chi connectivity index (χ0v) is 17.3. The second-order valence-electron chi connectivity index (χ2n) is 8.17. The molecule has 0 amide bonds. The third kappa shape index (κ3) is 2.30. The van der Waals surface area contributed by atoms with Gasteiger partial charge in [0.05, 0.1) is 17.2 Å². The SMILES string of the molecule is Cc1ccc(C)c([C@@H]2c3c(n(C)c(=O)n(C)c3=O)N=C3c4ccccc4C(=O)[C@H]32)c1. The highest BCUT2D eigenvalue weighted by Crippen LogP contribution is 2.47. The Balaban J connectivity index is 1.94. The summed E-state index contributed by atoms with van der Waals surface area (Å²) in [6, 6.07) is 13.5. The molecule has 2 aromatic carbocycles. The van der Waals surface area contributed by atoms with Crippen LogP contribution in [0.4, 0.5) is 5.82 Å². The number of fused-ring (bicyclic) bond motifs is 4. The third-order valence-corrected chi connectivity index (χ3v) is 6.35. The van der Waals surface area contributed by atoms with Crippen LogP contribution in [0.2, 0.25) is 0 Å². The maximum atomic E-state index is 13.5. The molecule has 5 rings (SSSR count). The lowest BCUT2D eigenvalue weighted by Crippen LogP contribution is -2.43. The Labute approximate surface area is 173 Å². The van der Waals surface area contributed by atoms with Gasteiger partial charge >= 0.3 is 5.69 Å². The molecule has 0 fully saturated rings. The van der Waals surface area contributed by atoms with Crippen LogP contribution in [0.3, 0.4) is 0 Å². The minimum atomic E-state index is -0.583. The minimum absolute atomic E-state index is 0.0307. The Morgan fingerprint density at radius 1 is 0.867 bits per heavy atom. The second kappa shape index (κ2) is 6.23. The van der Waals surface area contributed by atoms with Crippen LogP contribution in [-0.4, -0.2) is 20.6 Å². The fourth-order valence-electron chi connectivity index (χ4n) is 4.80. The molecular formula is C24H21N3O3. The Morgan fingerprint density at radius 2 is 1.57 bits per heavy atom. The summed E-state index contributed by atoms with van der Waals surface area (Å²) in [6.45, 7) is 3.98. The van der Waals surface area contributed by atoms with Gasteiger partial charge in [-0.1, -0.05) is 48.0 Å². The highest BCUT2D eigenvalue weighted by molar-refractivity contribution is 6.30. The molecule has 2 aliphatic rings. The molecule has 3 aromatic rings. The molecule has 0 saturated heterocycles. The van der Waals surface area contributed by atoms with Gasteiger partial charge in [-0.15, -0.1) is 0 Å². The van der Waals surface area contributed by atoms with Crippen molar-refractivity contribution in [2.24, 2.45) is 25.0 Å². The highest BCUT2D eigenvalue weighted by atomic mass is 16.2. The summed E-state index contributed by atoms with van der Waals surface area (Å²) in [4.78, 5) is 44.2. The van der Waals surface area contributed by atoms with E-state index >= 15 is 0 Å². The van der Waals surface area contributed by atoms with Gasteiger partial charge in [0.1, 0.15) is 5.82 Å². The molecule has 0 saturated carbocycles. The molecule has 0 unspecified atom stereocenters. The molecule has 0 N–H and O–H groups in total. The van der Waals surface area contributed by atoms with Crippen molar-refractivity contribution in [1.82, 2.24) is 9.13 Å². The van der Waals surface area contributed by atoms with E-state index in [-0.39, 0.29) is 5.78 Å². The molecule has 0 spiro atoms. The maximum Gasteiger partial charge on any atom is 0.332 e. The number of aliphatic imine (C=N–C) groups is 1. The Hall–Kier alpha value is -3.54. The molecule has 30 heavy (non-hydrogen) atoms. The van der Waals surface area contributed by atoms with Crippen LogP contribution >= 0.6 is 0 Å². The number of aryl methyl sites for hydroxylation is 2. The number of carbonyl (C=O) groups excluding carboxylic acids is 1. The number of aromatic nitrogens is 2. The van der Waals surface area contributed by atoms with Crippen molar-refractivity contribution in [2.75, 3.05) is 0 Å². The van der Waals surface area contributed by atoms with Gasteiger partial charge in [0.25, 0.3) is 5.56 Å². The lowest BCUT2D eigenvalue weighted by molar-refractivity contribution is 0.0953. The normalized spacial score (nSPS) is 19.2. The molecule has 1 aromatic heterocycles. The van der Waals surface area contributed by atoms with Gasteiger partial charge in [-0.2, -0.15) is 0 Å². The van der Waals surface area contributed by atoms with Gasteiger partial charge in [0.15, 0.2) is 5.78 Å². The van der Waals surface area contributed by atoms with Crippen molar-refractivity contribution in [3.05, 3.63) is 96.7 Å². The quantitative estimate of drug-likeness (QED) is 0.632. The van der Waals surface area contributed by atoms with E-state index < -0.39 is 23.1 Å². The molecule has 0 radical (unpaired) electrons. The topological polar surface area (TPSA) is 73.4 Å². The molecule has 2 atom stereocenters. The number of hydrogen-bond donors (Lipinski definition) is 0. The number of rotatable bonds is 1. The minimum Gasteiger partial charge on any atom is -0.293 e. The maximum absolute atomic E-state index is 13.5. The predicted octanol–water partition coefficient (Wildman–Crippen LogP) is 2.78. The summed E-state index contributed by atoms with van der Waals surface area (Å²) >= 11 is 0. The number of nitrogens with zero attached hydrogens (tertiary/aromatic N) is 3. The molecule has 1 aliphatic heterocycles. The van der Waals surface area contributed by atoms with Gasteiger partial charge < -0.3 is 0 Å². The van der Waals surface area contributed by atoms with Crippen LogP contribution in [0.5, 0.6) is 0 Å². The average Bonchev–Trinajstić information content (AvgIpc) is 3.03. The van der Waals surface area contributed by atoms with E-state index in [1.54, 1.807) is 13.1 Å². The molecule has 1 aliphatic carbocycles. The fraction of sp³-hybridized carbons (Fsp3) is 0.250. The van der Waals surface area contributed by atoms with Crippen molar-refractivity contribution in [2.45, 2.75) is 19.8 Å². The first-order valence-electron chi connectivity index (χ1n) is 9.90. The number of benzene rings is 2. The van der Waals surface area contributed by atoms with E-state index in [9.17, 15) is 14.4 Å². The smallest absolute Gasteiger partial charge is 0.293 e. The third-order valence-electron chi connectivity index (χ3n) is 6.35. The first kappa shape index (κ1) is 18.5. The monoisotopic (exact) mass is 399 g/mol. The fourth-order valence-corrected chi connectivity index (χ4v) is 4.80. The second-order valence-corrected chi connectivity index (χ2v) is 8.17. The zero-order chi connectivity index (χ0) is 21.3. The average molecular weight is 399 g/mol. The largest absolute Gasteiger partial charge is 0.332 e. The number of ketones is 1. The molecule has 150 valence electrons. The summed E-state index contributed by atoms with van der Waals surface area (Å²) < 4.78 is 2.51. The summed E-state index contributed by atoms with van der Waals surface area (Å²) in [5, 5.41) is 0. The van der Waals surface area contributed by atoms with Crippen molar-refractivity contribution >= 4 is 17.3 Å². The van der Waals surface area contributed by atoms with Gasteiger partial charge in [0.2, 0.25) is 0 Å². The number of carbonyl (C=O) groups is 1. The Morgan fingerprint density at radius 3 is 2.30 bits per heavy atom. The molecule has 6 nitrogen and oxygen atoms in total. The van der Waals surface area contributed by atoms with Crippen LogP contribution in [0.25, 0.3) is 0 Å². The van der Waals surface area contributed by atoms with E-state index in [1.165, 1.54) is 11.6 Å². The zero-order valence-electron chi connectivity index (χ0n) is 17.3. The van der Waals surface area contributed by atoms with E-state index in [2.05, 4.69) is 0 Å². The van der Waals surface area contributed by atoms with Crippen molar-refractivity contribution in [3.63, 3.8) is 0 Å². The van der Waals surface area contributed by atoms with E-state index in [0.29, 0.717) is 22.7 Å². The van der Waals surface area contributed by atoms with Crippen LogP contribution in [-0.2, 0) is 14.1 Å². The molecule has 6 heteroatoms. The lowest BCUT2D eigenvalue weighted by atomic mass is 9.75. The number of hydrogen-bond acceptors (Lipinski definition) is 4. The first-order valence-corrected chi connectivity index (χ1v) is 9.90. The van der Waals surface area contributed by atoms with E-state index in [4.69, 9.17) is 4.99 Å². The van der Waals surface area contributed by atoms with Crippen LogP contribution in [0.1, 0.15) is 44.1 Å². The lowest BCUT2D eigenvalue weighted by Gasteiger charge is -2.31. The van der Waals surface area contributed by atoms with E-state index in [1.807, 2.05) is 50.2 Å². The number of Topliss-reactive ketones (excluding diaryl/α,β-unsaturated/α-hetero) is 1. The molecule has 0 bridgehead atoms. The predicted molar refractivity (Wildman–Crippen MR) is 115 cm³/mol. The molecular weight excluding hydrogens is 378 g/mol. The molecule has 2 heterocycles. The summed E-state index contributed by atoms with van der Waals surface area (Å²) in [6.07, 6.45) is 0. The van der Waals surface area contributed by atoms with Crippen molar-refractivity contribution in [3.8, 4) is 0 Å². The van der Waals surface area contributed by atoms with Gasteiger partial charge in [-0.3, -0.25) is 18.7 Å². The van der Waals surface area contributed by atoms with Crippen LogP contribution < -0.4 is 11.2 Å². The van der Waals surface area contributed by atoms with Gasteiger partial charge in [-0.05, 0) is 25.0 Å². The standard InChI is InChI=1S/C24H21N3O3/c1-12-9-10-13(2)16(11-12)17-18-20(14-7-5-6-8-15(14)21(18)28)25-22-19(17)23(29)27(4)24(30)26(22)3/h5-11,17-18H,1-4H3/t17-,18-/m0/s1. The van der Waals surface area contributed by atoms with Crippen LogP contribution in [0.15, 0.2) is 57.0 Å². The van der Waals surface area contributed by atoms with Crippen molar-refractivity contribution < 1.29 is 4.79 Å². The highest BCUT2D eigenvalue weighted by Gasteiger charge is 2.48. The van der Waals surface area contributed by atoms with Crippen molar-refractivity contribution in [1.29, 1.82) is 0 Å². The summed E-state index contributed by atoms with van der Waals surface area (Å²) in [5.74, 6) is -0.778. The summed E-state index contributed by atoms with van der Waals surface area (Å²) in [5.41, 5.74) is 4.58. The van der Waals surface area contributed by atoms with Crippen LogP contribution in [0, 0.1) is 19.8 Å².